The molecule has 0 radical (unpaired) electrons. The summed E-state index contributed by atoms with van der Waals surface area (Å²) in [5, 5.41) is 57.6. The first-order valence-electron chi connectivity index (χ1n) is 17.9. The van der Waals surface area contributed by atoms with Crippen LogP contribution >= 0.6 is 0 Å². The SMILES string of the molecule is CC(=O)C(CCC(=O)O)NC(=O)C(CCC(=O)O)NC(=O)C(CCC(=O)O)NC(=O)CCC(NC(=O)C1CCC(CNC(=O)CCCC(=O)O)CC1)C(=O)O. The Hall–Kier alpha value is -5.63. The lowest BCUT2D eigenvalue weighted by molar-refractivity contribution is -0.143. The maximum atomic E-state index is 13.2. The van der Waals surface area contributed by atoms with Crippen molar-refractivity contribution in [2.45, 2.75) is 127 Å². The molecule has 4 atom stereocenters. The van der Waals surface area contributed by atoms with Gasteiger partial charge in [-0.3, -0.25) is 47.9 Å². The van der Waals surface area contributed by atoms with Crippen LogP contribution in [0.1, 0.15) is 103 Å². The first-order valence-corrected chi connectivity index (χ1v) is 17.9. The number of hydrogen-bond donors (Lipinski definition) is 10. The van der Waals surface area contributed by atoms with Gasteiger partial charge in [0.2, 0.25) is 29.5 Å². The van der Waals surface area contributed by atoms with E-state index >= 15 is 0 Å². The van der Waals surface area contributed by atoms with Gasteiger partial charge >= 0.3 is 29.8 Å². The van der Waals surface area contributed by atoms with Gasteiger partial charge in [-0.1, -0.05) is 0 Å². The number of carbonyl (C=O) groups excluding carboxylic acids is 6. The first-order chi connectivity index (χ1) is 25.8. The van der Waals surface area contributed by atoms with Gasteiger partial charge in [-0.05, 0) is 70.6 Å². The molecular formula is C34H51N5O16. The summed E-state index contributed by atoms with van der Waals surface area (Å²) in [6, 6.07) is -5.99. The Morgan fingerprint density at radius 3 is 1.44 bits per heavy atom. The van der Waals surface area contributed by atoms with Crippen LogP contribution in [0, 0.1) is 11.8 Å². The molecule has 4 unspecified atom stereocenters. The summed E-state index contributed by atoms with van der Waals surface area (Å²) >= 11 is 0. The molecule has 0 aromatic heterocycles. The normalized spacial score (nSPS) is 17.2. The van der Waals surface area contributed by atoms with Gasteiger partial charge in [0.05, 0.1) is 6.04 Å². The maximum Gasteiger partial charge on any atom is 0.326 e. The molecule has 308 valence electrons. The quantitative estimate of drug-likeness (QED) is 0.0485. The maximum absolute atomic E-state index is 13.2. The second kappa shape index (κ2) is 24.6. The zero-order valence-electron chi connectivity index (χ0n) is 30.5. The van der Waals surface area contributed by atoms with Crippen LogP contribution in [-0.4, -0.2) is 121 Å². The number of carboxylic acids is 5. The molecule has 0 heterocycles. The van der Waals surface area contributed by atoms with Crippen LogP contribution in [0.2, 0.25) is 0 Å². The van der Waals surface area contributed by atoms with Crippen molar-refractivity contribution < 1.29 is 78.3 Å². The third-order valence-corrected chi connectivity index (χ3v) is 8.91. The smallest absolute Gasteiger partial charge is 0.326 e. The van der Waals surface area contributed by atoms with Gasteiger partial charge < -0.3 is 52.1 Å². The van der Waals surface area contributed by atoms with Crippen LogP contribution in [0.15, 0.2) is 0 Å². The fourth-order valence-electron chi connectivity index (χ4n) is 5.73. The number of rotatable bonds is 27. The molecule has 1 saturated carbocycles. The molecular weight excluding hydrogens is 734 g/mol. The Morgan fingerprint density at radius 2 is 0.964 bits per heavy atom. The Kier molecular flexibility index (Phi) is 21.2. The lowest BCUT2D eigenvalue weighted by atomic mass is 9.81. The molecule has 0 bridgehead atoms. The number of Topliss-reactive ketones (excluding diaryl/α,β-unsaturated/α-hetero) is 1. The van der Waals surface area contributed by atoms with Crippen LogP contribution in [0.5, 0.6) is 0 Å². The molecule has 0 saturated heterocycles. The van der Waals surface area contributed by atoms with Gasteiger partial charge in [0.25, 0.3) is 0 Å². The highest BCUT2D eigenvalue weighted by molar-refractivity contribution is 5.95. The lowest BCUT2D eigenvalue weighted by Gasteiger charge is -2.29. The van der Waals surface area contributed by atoms with Gasteiger partial charge in [0.15, 0.2) is 5.78 Å². The lowest BCUT2D eigenvalue weighted by Crippen LogP contribution is -2.55. The van der Waals surface area contributed by atoms with Gasteiger partial charge in [-0.2, -0.15) is 0 Å². The zero-order chi connectivity index (χ0) is 41.7. The molecule has 0 aromatic carbocycles. The van der Waals surface area contributed by atoms with Crippen molar-refractivity contribution in [3.8, 4) is 0 Å². The summed E-state index contributed by atoms with van der Waals surface area (Å²) in [5.74, 6) is -11.3. The van der Waals surface area contributed by atoms with E-state index < -0.39 is 134 Å². The summed E-state index contributed by atoms with van der Waals surface area (Å²) in [6.45, 7) is 1.44. The average molecular weight is 786 g/mol. The van der Waals surface area contributed by atoms with Gasteiger partial charge in [-0.25, -0.2) is 4.79 Å². The van der Waals surface area contributed by atoms with Crippen molar-refractivity contribution >= 4 is 65.2 Å². The van der Waals surface area contributed by atoms with Gasteiger partial charge in [0, 0.05) is 51.0 Å². The standard InChI is InChI=1S/C34H51N5O16/c1-18(40)21(10-14-28(45)46)37-33(53)23(12-16-30(49)50)38-32(52)22(11-15-29(47)48)36-26(42)13-9-24(34(54)55)39-31(51)20-7-5-19(6-8-20)17-35-25(41)3-2-4-27(43)44/h19-24H,2-17H2,1H3,(H,35,41)(H,36,42)(H,37,53)(H,38,52)(H,39,51)(H,43,44)(H,45,46)(H,47,48)(H,49,50)(H,54,55). The molecule has 21 nitrogen and oxygen atoms in total. The molecule has 1 aliphatic carbocycles. The number of ketones is 1. The van der Waals surface area contributed by atoms with Crippen molar-refractivity contribution in [3.63, 3.8) is 0 Å². The van der Waals surface area contributed by atoms with Crippen LogP contribution in [0.3, 0.4) is 0 Å². The average Bonchev–Trinajstić information content (AvgIpc) is 3.10. The Morgan fingerprint density at radius 1 is 0.509 bits per heavy atom. The molecule has 10 N–H and O–H groups in total. The summed E-state index contributed by atoms with van der Waals surface area (Å²) in [4.78, 5) is 132. The molecule has 55 heavy (non-hydrogen) atoms. The Bertz CT molecular complexity index is 1430. The molecule has 21 heteroatoms. The Labute approximate surface area is 315 Å². The van der Waals surface area contributed by atoms with E-state index in [4.69, 9.17) is 15.3 Å². The molecule has 5 amide bonds. The van der Waals surface area contributed by atoms with E-state index in [1.165, 1.54) is 0 Å². The molecule has 0 aromatic rings. The number of amides is 5. The van der Waals surface area contributed by atoms with Crippen molar-refractivity contribution in [1.29, 1.82) is 0 Å². The van der Waals surface area contributed by atoms with E-state index in [0.717, 1.165) is 6.92 Å². The van der Waals surface area contributed by atoms with E-state index in [1.54, 1.807) is 0 Å². The van der Waals surface area contributed by atoms with E-state index in [0.29, 0.717) is 32.2 Å². The summed E-state index contributed by atoms with van der Waals surface area (Å²) in [6.07, 6.45) is -1.91. The molecule has 0 spiro atoms. The van der Waals surface area contributed by atoms with Crippen molar-refractivity contribution in [2.24, 2.45) is 11.8 Å². The fraction of sp³-hybridized carbons (Fsp3) is 0.676. The van der Waals surface area contributed by atoms with Crippen LogP contribution in [0.4, 0.5) is 0 Å². The van der Waals surface area contributed by atoms with Crippen molar-refractivity contribution in [3.05, 3.63) is 0 Å². The van der Waals surface area contributed by atoms with Gasteiger partial charge in [0.1, 0.15) is 18.1 Å². The van der Waals surface area contributed by atoms with Crippen LogP contribution < -0.4 is 26.6 Å². The minimum absolute atomic E-state index is 0.0702. The largest absolute Gasteiger partial charge is 0.481 e. The highest BCUT2D eigenvalue weighted by atomic mass is 16.4. The highest BCUT2D eigenvalue weighted by Gasteiger charge is 2.32. The molecule has 0 aliphatic heterocycles. The summed E-state index contributed by atoms with van der Waals surface area (Å²) in [5.41, 5.74) is 0. The van der Waals surface area contributed by atoms with Crippen molar-refractivity contribution in [2.75, 3.05) is 6.54 Å². The number of carbonyl (C=O) groups is 11. The highest BCUT2D eigenvalue weighted by Crippen LogP contribution is 2.28. The van der Waals surface area contributed by atoms with E-state index in [-0.39, 0.29) is 37.5 Å². The van der Waals surface area contributed by atoms with E-state index in [2.05, 4.69) is 26.6 Å². The first kappa shape index (κ1) is 47.4. The topological polar surface area (TPSA) is 349 Å². The fourth-order valence-corrected chi connectivity index (χ4v) is 5.73. The summed E-state index contributed by atoms with van der Waals surface area (Å²) < 4.78 is 0. The number of nitrogens with one attached hydrogen (secondary N) is 5. The van der Waals surface area contributed by atoms with Crippen molar-refractivity contribution in [1.82, 2.24) is 26.6 Å². The molecule has 1 rings (SSSR count). The van der Waals surface area contributed by atoms with E-state index in [1.807, 2.05) is 0 Å². The Balaban J connectivity index is 2.84. The second-order valence-corrected chi connectivity index (χ2v) is 13.4. The number of aliphatic carboxylic acids is 5. The van der Waals surface area contributed by atoms with Crippen LogP contribution in [0.25, 0.3) is 0 Å². The minimum Gasteiger partial charge on any atom is -0.481 e. The van der Waals surface area contributed by atoms with E-state index in [9.17, 15) is 63.0 Å². The number of carboxylic acid groups (broad SMARTS) is 5. The van der Waals surface area contributed by atoms with Crippen LogP contribution in [-0.2, 0) is 52.7 Å². The zero-order valence-corrected chi connectivity index (χ0v) is 30.5. The van der Waals surface area contributed by atoms with Gasteiger partial charge in [-0.15, -0.1) is 0 Å². The molecule has 1 aliphatic rings. The predicted octanol–water partition coefficient (Wildman–Crippen LogP) is -0.849. The minimum atomic E-state index is -1.60. The number of hydrogen-bond acceptors (Lipinski definition) is 11. The predicted molar refractivity (Wildman–Crippen MR) is 186 cm³/mol. The second-order valence-electron chi connectivity index (χ2n) is 13.4. The summed E-state index contributed by atoms with van der Waals surface area (Å²) in [7, 11) is 0. The monoisotopic (exact) mass is 785 g/mol. The third kappa shape index (κ3) is 20.4. The molecule has 1 fully saturated rings. The third-order valence-electron chi connectivity index (χ3n) is 8.91.